The van der Waals surface area contributed by atoms with Gasteiger partial charge in [0, 0.05) is 29.2 Å². The summed E-state index contributed by atoms with van der Waals surface area (Å²) in [6.07, 6.45) is 3.25. The van der Waals surface area contributed by atoms with Gasteiger partial charge < -0.3 is 10.6 Å². The number of aromatic nitrogens is 5. The number of hydrogen-bond donors (Lipinski definition) is 2. The van der Waals surface area contributed by atoms with E-state index in [1.807, 2.05) is 33.8 Å². The first-order valence-corrected chi connectivity index (χ1v) is 15.2. The van der Waals surface area contributed by atoms with Crippen molar-refractivity contribution in [2.45, 2.75) is 74.7 Å². The molecule has 0 aliphatic carbocycles. The number of pyridine rings is 1. The third-order valence-corrected chi connectivity index (χ3v) is 7.70. The van der Waals surface area contributed by atoms with Crippen molar-refractivity contribution in [3.05, 3.63) is 99.0 Å². The van der Waals surface area contributed by atoms with E-state index in [2.05, 4.69) is 97.6 Å². The molecule has 2 N–H and O–H groups in total. The summed E-state index contributed by atoms with van der Waals surface area (Å²) >= 11 is 0. The van der Waals surface area contributed by atoms with Gasteiger partial charge >= 0.3 is 0 Å². The number of nitrogens with zero attached hydrogens (tertiary/aromatic N) is 8. The van der Waals surface area contributed by atoms with E-state index in [0.29, 0.717) is 34.5 Å². The van der Waals surface area contributed by atoms with Crippen LogP contribution < -0.4 is 10.6 Å². The first kappa shape index (κ1) is 32.0. The topological polar surface area (TPSA) is 129 Å². The molecule has 0 aliphatic heterocycles. The number of azo groups is 1. The highest BCUT2D eigenvalue weighted by atomic mass is 15.4. The maximum Gasteiger partial charge on any atom is 0.252 e. The van der Waals surface area contributed by atoms with Crippen LogP contribution in [0.2, 0.25) is 0 Å². The van der Waals surface area contributed by atoms with Gasteiger partial charge in [-0.2, -0.15) is 15.0 Å². The molecule has 0 spiro atoms. The Morgan fingerprint density at radius 1 is 0.739 bits per heavy atom. The van der Waals surface area contributed by atoms with Crippen LogP contribution in [0.1, 0.15) is 71.0 Å². The Balaban J connectivity index is 1.69. The minimum absolute atomic E-state index is 0.250. The van der Waals surface area contributed by atoms with Crippen LogP contribution in [0, 0.1) is 59.8 Å². The summed E-state index contributed by atoms with van der Waals surface area (Å²) in [7, 11) is 0. The fraction of sp³-hybridized carbons (Fsp3) is 0.306. The van der Waals surface area contributed by atoms with Gasteiger partial charge in [-0.15, -0.1) is 10.2 Å². The molecule has 0 radical (unpaired) electrons. The lowest BCUT2D eigenvalue weighted by molar-refractivity contribution is 0.557. The SMILES string of the molecule is Cc1cc(C)c(Nc2cc(C)c(/N=N/c3c(C#N)c(C(C)(C)C)nn3-c3ncccn3)c(Nc3c(C)cc(C)cc3C)n2)c(C)c1. The van der Waals surface area contributed by atoms with Gasteiger partial charge in [0.25, 0.3) is 5.95 Å². The zero-order valence-electron chi connectivity index (χ0n) is 28.2. The van der Waals surface area contributed by atoms with E-state index in [1.54, 1.807) is 18.5 Å². The second kappa shape index (κ2) is 12.5. The molecule has 3 aromatic heterocycles. The van der Waals surface area contributed by atoms with E-state index in [0.717, 1.165) is 39.2 Å². The molecule has 0 unspecified atom stereocenters. The van der Waals surface area contributed by atoms with Crippen molar-refractivity contribution in [2.75, 3.05) is 10.6 Å². The smallest absolute Gasteiger partial charge is 0.252 e. The summed E-state index contributed by atoms with van der Waals surface area (Å²) < 4.78 is 1.48. The van der Waals surface area contributed by atoms with Crippen molar-refractivity contribution >= 4 is 34.5 Å². The lowest BCUT2D eigenvalue weighted by Crippen LogP contribution is -2.14. The number of anilines is 4. The van der Waals surface area contributed by atoms with E-state index < -0.39 is 5.41 Å². The van der Waals surface area contributed by atoms with Gasteiger partial charge in [0.1, 0.15) is 23.1 Å². The summed E-state index contributed by atoms with van der Waals surface area (Å²) in [6.45, 7) is 20.5. The Kier molecular flexibility index (Phi) is 8.70. The van der Waals surface area contributed by atoms with Crippen molar-refractivity contribution in [3.63, 3.8) is 0 Å². The van der Waals surface area contributed by atoms with Crippen LogP contribution in [0.25, 0.3) is 5.95 Å². The van der Waals surface area contributed by atoms with Crippen LogP contribution in [-0.2, 0) is 5.41 Å². The van der Waals surface area contributed by atoms with Gasteiger partial charge in [-0.05, 0) is 88.4 Å². The Hall–Kier alpha value is -5.43. The van der Waals surface area contributed by atoms with E-state index in [1.165, 1.54) is 15.8 Å². The fourth-order valence-corrected chi connectivity index (χ4v) is 5.71. The largest absolute Gasteiger partial charge is 0.340 e. The third-order valence-electron chi connectivity index (χ3n) is 7.70. The summed E-state index contributed by atoms with van der Waals surface area (Å²) in [5, 5.41) is 31.5. The Labute approximate surface area is 270 Å². The molecule has 0 amide bonds. The molecule has 46 heavy (non-hydrogen) atoms. The molecule has 10 nitrogen and oxygen atoms in total. The zero-order chi connectivity index (χ0) is 33.3. The second-order valence-corrected chi connectivity index (χ2v) is 12.9. The van der Waals surface area contributed by atoms with E-state index >= 15 is 0 Å². The normalized spacial score (nSPS) is 11.6. The average molecular weight is 613 g/mol. The molecule has 5 aromatic rings. The summed E-state index contributed by atoms with van der Waals surface area (Å²) in [5.74, 6) is 1.75. The maximum atomic E-state index is 10.3. The number of hydrogen-bond acceptors (Lipinski definition) is 9. The molecule has 0 bridgehead atoms. The quantitative estimate of drug-likeness (QED) is 0.175. The molecule has 0 aliphatic rings. The Morgan fingerprint density at radius 3 is 1.80 bits per heavy atom. The minimum atomic E-state index is -0.431. The van der Waals surface area contributed by atoms with Crippen LogP contribution in [0.4, 0.5) is 34.5 Å². The van der Waals surface area contributed by atoms with Gasteiger partial charge in [0.2, 0.25) is 0 Å². The summed E-state index contributed by atoms with van der Waals surface area (Å²) in [6, 6.07) is 14.6. The highest BCUT2D eigenvalue weighted by molar-refractivity contribution is 5.77. The lowest BCUT2D eigenvalue weighted by Gasteiger charge is -2.18. The fourth-order valence-electron chi connectivity index (χ4n) is 5.71. The second-order valence-electron chi connectivity index (χ2n) is 12.9. The van der Waals surface area contributed by atoms with E-state index in [-0.39, 0.29) is 5.82 Å². The third kappa shape index (κ3) is 6.49. The molecular formula is C36H40N10. The Bertz CT molecular complexity index is 1960. The molecule has 0 fully saturated rings. The minimum Gasteiger partial charge on any atom is -0.340 e. The predicted molar refractivity (Wildman–Crippen MR) is 184 cm³/mol. The van der Waals surface area contributed by atoms with Gasteiger partial charge in [-0.25, -0.2) is 15.0 Å². The first-order valence-electron chi connectivity index (χ1n) is 15.2. The van der Waals surface area contributed by atoms with Crippen LogP contribution >= 0.6 is 0 Å². The van der Waals surface area contributed by atoms with Gasteiger partial charge in [0.15, 0.2) is 11.6 Å². The Morgan fingerprint density at radius 2 is 1.28 bits per heavy atom. The van der Waals surface area contributed by atoms with Crippen molar-refractivity contribution in [3.8, 4) is 12.0 Å². The lowest BCUT2D eigenvalue weighted by atomic mass is 9.90. The average Bonchev–Trinajstić information content (AvgIpc) is 3.36. The van der Waals surface area contributed by atoms with Crippen LogP contribution in [0.5, 0.6) is 0 Å². The van der Waals surface area contributed by atoms with Gasteiger partial charge in [-0.3, -0.25) is 0 Å². The highest BCUT2D eigenvalue weighted by Gasteiger charge is 2.29. The molecule has 0 atom stereocenters. The molecule has 5 rings (SSSR count). The van der Waals surface area contributed by atoms with E-state index in [9.17, 15) is 5.26 Å². The maximum absolute atomic E-state index is 10.3. The van der Waals surface area contributed by atoms with Crippen LogP contribution in [0.3, 0.4) is 0 Å². The number of nitriles is 1. The molecule has 0 saturated heterocycles. The first-order chi connectivity index (χ1) is 21.8. The monoisotopic (exact) mass is 612 g/mol. The predicted octanol–water partition coefficient (Wildman–Crippen LogP) is 9.29. The van der Waals surface area contributed by atoms with Crippen LogP contribution in [0.15, 0.2) is 59.0 Å². The standard InChI is InChI=1S/C36H40N10/c1-20-14-22(3)29(23(4)15-20)40-28-18-26(7)31(33(41-28)42-30-24(5)16-21(2)17-25(30)6)43-44-34-27(19-37)32(36(8,9)10)45-46(34)35-38-12-11-13-39-35/h11-18H,1-10H3,(H2,40,41,42)/b44-43+. The molecular weight excluding hydrogens is 572 g/mol. The number of rotatable bonds is 7. The van der Waals surface area contributed by atoms with Crippen molar-refractivity contribution in [1.82, 2.24) is 24.7 Å². The molecule has 0 saturated carbocycles. The summed E-state index contributed by atoms with van der Waals surface area (Å²) in [5.41, 5.74) is 10.6. The van der Waals surface area contributed by atoms with Gasteiger partial charge in [-0.1, -0.05) is 56.2 Å². The zero-order valence-corrected chi connectivity index (χ0v) is 28.2. The molecule has 2 aromatic carbocycles. The van der Waals surface area contributed by atoms with Crippen molar-refractivity contribution < 1.29 is 0 Å². The number of nitrogens with one attached hydrogen (secondary N) is 2. The van der Waals surface area contributed by atoms with Crippen LogP contribution in [-0.4, -0.2) is 24.7 Å². The molecule has 234 valence electrons. The summed E-state index contributed by atoms with van der Waals surface area (Å²) in [4.78, 5) is 13.8. The highest BCUT2D eigenvalue weighted by Crippen LogP contribution is 2.38. The van der Waals surface area contributed by atoms with Crippen molar-refractivity contribution in [2.24, 2.45) is 10.2 Å². The molecule has 3 heterocycles. The molecule has 10 heteroatoms. The number of aryl methyl sites for hydroxylation is 7. The van der Waals surface area contributed by atoms with Crippen molar-refractivity contribution in [1.29, 1.82) is 5.26 Å². The van der Waals surface area contributed by atoms with Gasteiger partial charge in [0.05, 0.1) is 5.69 Å². The van der Waals surface area contributed by atoms with E-state index in [4.69, 9.17) is 15.2 Å². The number of benzene rings is 2.